The fraction of sp³-hybridized carbons (Fsp3) is 0.182. The van der Waals surface area contributed by atoms with Crippen molar-refractivity contribution in [2.75, 3.05) is 12.0 Å². The van der Waals surface area contributed by atoms with Crippen LogP contribution >= 0.6 is 0 Å². The zero-order valence-corrected chi connectivity index (χ0v) is 10.0. The fourth-order valence-corrected chi connectivity index (χ4v) is 1.06. The highest BCUT2D eigenvalue weighted by Crippen LogP contribution is 2.20. The number of rotatable bonds is 5. The minimum Gasteiger partial charge on any atom is -0.484 e. The molecule has 0 amide bonds. The third-order valence-corrected chi connectivity index (χ3v) is 1.91. The highest BCUT2D eigenvalue weighted by Gasteiger charge is 2.28. The molecule has 9 heteroatoms. The van der Waals surface area contributed by atoms with Gasteiger partial charge >= 0.3 is 6.18 Å². The Morgan fingerprint density at radius 2 is 2.00 bits per heavy atom. The lowest BCUT2D eigenvalue weighted by Gasteiger charge is -2.09. The number of hydrogen-bond acceptors (Lipinski definition) is 5. The lowest BCUT2D eigenvalue weighted by molar-refractivity contribution is -0.153. The number of hydrazone groups is 1. The summed E-state index contributed by atoms with van der Waals surface area (Å²) in [5.41, 5.74) is 7.62. The van der Waals surface area contributed by atoms with Crippen LogP contribution in [0.4, 0.5) is 18.9 Å². The van der Waals surface area contributed by atoms with Crippen molar-refractivity contribution in [3.8, 4) is 11.8 Å². The van der Waals surface area contributed by atoms with Gasteiger partial charge in [0.2, 0.25) is 5.71 Å². The van der Waals surface area contributed by atoms with E-state index in [1.165, 1.54) is 24.3 Å². The van der Waals surface area contributed by atoms with Crippen LogP contribution in [0.15, 0.2) is 29.4 Å². The van der Waals surface area contributed by atoms with Gasteiger partial charge in [-0.25, -0.2) is 0 Å². The minimum atomic E-state index is -4.40. The summed E-state index contributed by atoms with van der Waals surface area (Å²) in [4.78, 5) is 0. The Hall–Kier alpha value is -2.76. The molecule has 6 nitrogen and oxygen atoms in total. The number of nitriles is 1. The smallest absolute Gasteiger partial charge is 0.422 e. The van der Waals surface area contributed by atoms with Crippen molar-refractivity contribution in [2.45, 2.75) is 6.18 Å². The summed E-state index contributed by atoms with van der Waals surface area (Å²) in [7, 11) is 0. The molecule has 0 radical (unpaired) electrons. The highest BCUT2D eigenvalue weighted by molar-refractivity contribution is 6.45. The van der Waals surface area contributed by atoms with Crippen molar-refractivity contribution in [3.63, 3.8) is 0 Å². The summed E-state index contributed by atoms with van der Waals surface area (Å²) in [5, 5.41) is 19.2. The molecule has 0 saturated carbocycles. The molecule has 0 atom stereocenters. The lowest BCUT2D eigenvalue weighted by atomic mass is 10.3. The van der Waals surface area contributed by atoms with Crippen LogP contribution in [-0.2, 0) is 0 Å². The predicted molar refractivity (Wildman–Crippen MR) is 66.6 cm³/mol. The van der Waals surface area contributed by atoms with E-state index in [1.54, 1.807) is 6.07 Å². The van der Waals surface area contributed by atoms with Gasteiger partial charge in [0, 0.05) is 0 Å². The number of anilines is 1. The number of halogens is 3. The van der Waals surface area contributed by atoms with Gasteiger partial charge in [-0.2, -0.15) is 23.5 Å². The van der Waals surface area contributed by atoms with Gasteiger partial charge in [-0.3, -0.25) is 10.8 Å². The Labute approximate surface area is 112 Å². The molecular weight excluding hydrogens is 275 g/mol. The van der Waals surface area contributed by atoms with E-state index in [1.807, 2.05) is 0 Å². The van der Waals surface area contributed by atoms with Gasteiger partial charge in [0.1, 0.15) is 11.8 Å². The summed E-state index contributed by atoms with van der Waals surface area (Å²) in [6.45, 7) is -1.37. The molecule has 0 heterocycles. The number of nitrogens with one attached hydrogen (secondary N) is 2. The van der Waals surface area contributed by atoms with Gasteiger partial charge in [-0.15, -0.1) is 0 Å². The zero-order chi connectivity index (χ0) is 15.2. The molecule has 1 rings (SSSR count). The molecule has 0 unspecified atom stereocenters. The van der Waals surface area contributed by atoms with E-state index in [-0.39, 0.29) is 11.5 Å². The third-order valence-electron chi connectivity index (χ3n) is 1.91. The third kappa shape index (κ3) is 5.26. The number of hydrogen-bond donors (Lipinski definition) is 3. The maximum absolute atomic E-state index is 11.9. The van der Waals surface area contributed by atoms with Crippen LogP contribution in [-0.4, -0.2) is 24.3 Å². The van der Waals surface area contributed by atoms with Gasteiger partial charge in [0.15, 0.2) is 12.4 Å². The van der Waals surface area contributed by atoms with E-state index in [0.29, 0.717) is 5.69 Å². The molecule has 0 bridgehead atoms. The average molecular weight is 285 g/mol. The number of alkyl halides is 3. The van der Waals surface area contributed by atoms with E-state index in [4.69, 9.17) is 16.4 Å². The van der Waals surface area contributed by atoms with Crippen LogP contribution in [0.25, 0.3) is 0 Å². The lowest BCUT2D eigenvalue weighted by Crippen LogP contribution is -2.21. The quantitative estimate of drug-likeness (QED) is 0.436. The number of benzene rings is 1. The summed E-state index contributed by atoms with van der Waals surface area (Å²) in [5.74, 6) is -0.450. The highest BCUT2D eigenvalue weighted by atomic mass is 19.4. The molecule has 0 fully saturated rings. The fourth-order valence-electron chi connectivity index (χ4n) is 1.06. The van der Waals surface area contributed by atoms with Gasteiger partial charge in [-0.05, 0) is 24.3 Å². The van der Waals surface area contributed by atoms with Gasteiger partial charge in [0.05, 0.1) is 5.69 Å². The van der Waals surface area contributed by atoms with Crippen LogP contribution < -0.4 is 15.9 Å². The molecule has 0 aliphatic carbocycles. The number of nitrogens with zero attached hydrogens (tertiary/aromatic N) is 2. The molecular formula is C11H10F3N5O. The largest absolute Gasteiger partial charge is 0.484 e. The van der Waals surface area contributed by atoms with Crippen molar-refractivity contribution in [1.29, 1.82) is 10.7 Å². The second-order valence-electron chi connectivity index (χ2n) is 3.53. The molecule has 0 aromatic heterocycles. The predicted octanol–water partition coefficient (Wildman–Crippen LogP) is 1.86. The van der Waals surface area contributed by atoms with Crippen LogP contribution in [0.5, 0.6) is 5.75 Å². The van der Waals surface area contributed by atoms with Crippen molar-refractivity contribution >= 4 is 17.2 Å². The van der Waals surface area contributed by atoms with Crippen molar-refractivity contribution in [3.05, 3.63) is 24.3 Å². The molecule has 0 saturated heterocycles. The number of amidine groups is 1. The summed E-state index contributed by atoms with van der Waals surface area (Å²) in [6, 6.07) is 7.04. The second-order valence-corrected chi connectivity index (χ2v) is 3.53. The van der Waals surface area contributed by atoms with E-state index >= 15 is 0 Å². The second kappa shape index (κ2) is 6.42. The maximum atomic E-state index is 11.9. The first-order valence-electron chi connectivity index (χ1n) is 5.19. The Morgan fingerprint density at radius 3 is 2.45 bits per heavy atom. The molecule has 4 N–H and O–H groups in total. The summed E-state index contributed by atoms with van der Waals surface area (Å²) in [6.07, 6.45) is -4.40. The SMILES string of the molecule is N#C/C(=N\Nc1ccc(OCC(F)(F)F)cc1)C(=N)N. The minimum absolute atomic E-state index is 0.0453. The first kappa shape index (κ1) is 15.3. The molecule has 1 aromatic rings. The van der Waals surface area contributed by atoms with E-state index < -0.39 is 18.6 Å². The molecule has 1 aromatic carbocycles. The molecule has 0 spiro atoms. The van der Waals surface area contributed by atoms with Gasteiger partial charge in [-0.1, -0.05) is 0 Å². The number of nitrogens with two attached hydrogens (primary N) is 1. The average Bonchev–Trinajstić information content (AvgIpc) is 2.37. The van der Waals surface area contributed by atoms with Crippen molar-refractivity contribution < 1.29 is 17.9 Å². The first-order valence-corrected chi connectivity index (χ1v) is 5.19. The maximum Gasteiger partial charge on any atom is 0.422 e. The zero-order valence-electron chi connectivity index (χ0n) is 10.0. The standard InChI is InChI=1S/C11H10F3N5O/c12-11(13,14)6-20-8-3-1-7(2-4-8)18-19-9(5-15)10(16)17/h1-4,18H,6H2,(H3,16,17)/b19-9+. The van der Waals surface area contributed by atoms with Crippen LogP contribution in [0.2, 0.25) is 0 Å². The monoisotopic (exact) mass is 285 g/mol. The van der Waals surface area contributed by atoms with Crippen LogP contribution in [0.1, 0.15) is 0 Å². The summed E-state index contributed by atoms with van der Waals surface area (Å²) >= 11 is 0. The molecule has 0 aliphatic heterocycles. The molecule has 0 aliphatic rings. The van der Waals surface area contributed by atoms with Crippen molar-refractivity contribution in [1.82, 2.24) is 0 Å². The van der Waals surface area contributed by atoms with Crippen LogP contribution in [0, 0.1) is 16.7 Å². The summed E-state index contributed by atoms with van der Waals surface area (Å²) < 4.78 is 40.3. The van der Waals surface area contributed by atoms with E-state index in [9.17, 15) is 13.2 Å². The van der Waals surface area contributed by atoms with Gasteiger partial charge < -0.3 is 10.5 Å². The normalized spacial score (nSPS) is 11.6. The van der Waals surface area contributed by atoms with Crippen molar-refractivity contribution in [2.24, 2.45) is 10.8 Å². The molecule has 20 heavy (non-hydrogen) atoms. The Bertz CT molecular complexity index is 545. The van der Waals surface area contributed by atoms with E-state index in [2.05, 4.69) is 15.3 Å². The Balaban J connectivity index is 2.64. The van der Waals surface area contributed by atoms with Gasteiger partial charge in [0.25, 0.3) is 0 Å². The topological polar surface area (TPSA) is 107 Å². The first-order chi connectivity index (χ1) is 9.31. The Kier molecular flexibility index (Phi) is 4.91. The van der Waals surface area contributed by atoms with Crippen LogP contribution in [0.3, 0.4) is 0 Å². The Morgan fingerprint density at radius 1 is 1.40 bits per heavy atom. The number of ether oxygens (including phenoxy) is 1. The van der Waals surface area contributed by atoms with E-state index in [0.717, 1.165) is 0 Å². The molecule has 106 valence electrons.